The predicted octanol–water partition coefficient (Wildman–Crippen LogP) is -1.74. The fraction of sp³-hybridized carbons (Fsp3) is 0.667. The van der Waals surface area contributed by atoms with Crippen molar-refractivity contribution in [1.29, 1.82) is 5.26 Å². The van der Waals surface area contributed by atoms with E-state index in [0.717, 1.165) is 4.57 Å². The van der Waals surface area contributed by atoms with Gasteiger partial charge in [0.25, 0.3) is 5.56 Å². The summed E-state index contributed by atoms with van der Waals surface area (Å²) in [4.78, 5) is 28.4. The Hall–Kier alpha value is -2.12. The molecule has 0 saturated carbocycles. The number of piperazine rings is 1. The molecule has 3 rings (SSSR count). The first-order chi connectivity index (χ1) is 11.7. The Balaban J connectivity index is 1.84. The maximum Gasteiger partial charge on any atom is 0.332 e. The lowest BCUT2D eigenvalue weighted by atomic mass is 10.2. The van der Waals surface area contributed by atoms with Gasteiger partial charge in [-0.15, -0.1) is 0 Å². The van der Waals surface area contributed by atoms with E-state index in [1.165, 1.54) is 11.6 Å². The topological polar surface area (TPSA) is 108 Å². The van der Waals surface area contributed by atoms with Crippen molar-refractivity contribution in [3.8, 4) is 6.07 Å². The lowest BCUT2D eigenvalue weighted by molar-refractivity contribution is 0.199. The van der Waals surface area contributed by atoms with Crippen molar-refractivity contribution in [3.05, 3.63) is 26.4 Å². The first kappa shape index (κ1) is 17.7. The molecule has 1 atom stereocenters. The standard InChI is InChI=1S/C15H21N5O4S/c1-17-13(12(9-16)14(21)18(2)15(17)22)20-6-4-19(5-7-20)11-3-8-25(23,24)10-11/h11H,3-8,10H2,1-2H3/t11-/m1/s1. The van der Waals surface area contributed by atoms with Crippen LogP contribution in [0.5, 0.6) is 0 Å². The van der Waals surface area contributed by atoms with Crippen LogP contribution in [0.3, 0.4) is 0 Å². The van der Waals surface area contributed by atoms with Gasteiger partial charge in [-0.2, -0.15) is 5.26 Å². The van der Waals surface area contributed by atoms with Gasteiger partial charge in [-0.3, -0.25) is 18.8 Å². The summed E-state index contributed by atoms with van der Waals surface area (Å²) in [5, 5.41) is 9.37. The summed E-state index contributed by atoms with van der Waals surface area (Å²) in [5.74, 6) is 0.773. The van der Waals surface area contributed by atoms with Crippen LogP contribution in [-0.4, -0.2) is 66.2 Å². The number of hydrogen-bond acceptors (Lipinski definition) is 7. The van der Waals surface area contributed by atoms with Gasteiger partial charge in [0, 0.05) is 46.3 Å². The first-order valence-electron chi connectivity index (χ1n) is 8.14. The number of nitrogens with zero attached hydrogens (tertiary/aromatic N) is 5. The second-order valence-corrected chi connectivity index (χ2v) is 8.82. The van der Waals surface area contributed by atoms with Gasteiger partial charge in [-0.05, 0) is 6.42 Å². The van der Waals surface area contributed by atoms with Crippen molar-refractivity contribution in [2.75, 3.05) is 42.6 Å². The van der Waals surface area contributed by atoms with E-state index in [9.17, 15) is 23.3 Å². The Labute approximate surface area is 145 Å². The number of aromatic nitrogens is 2. The summed E-state index contributed by atoms with van der Waals surface area (Å²) in [7, 11) is -0.0273. The molecule has 0 radical (unpaired) electrons. The fourth-order valence-corrected chi connectivity index (χ4v) is 5.43. The molecule has 2 aliphatic rings. The van der Waals surface area contributed by atoms with Crippen LogP contribution in [0.15, 0.2) is 9.59 Å². The maximum atomic E-state index is 12.2. The van der Waals surface area contributed by atoms with Crippen LogP contribution in [0.1, 0.15) is 12.0 Å². The van der Waals surface area contributed by atoms with E-state index in [-0.39, 0.29) is 23.1 Å². The second kappa shape index (κ2) is 6.31. The zero-order chi connectivity index (χ0) is 18.4. The highest BCUT2D eigenvalue weighted by Gasteiger charge is 2.34. The van der Waals surface area contributed by atoms with Gasteiger partial charge in [-0.25, -0.2) is 13.2 Å². The summed E-state index contributed by atoms with van der Waals surface area (Å²) in [6, 6.07) is 1.96. The van der Waals surface area contributed by atoms with Crippen LogP contribution in [-0.2, 0) is 23.9 Å². The zero-order valence-electron chi connectivity index (χ0n) is 14.3. The number of anilines is 1. The third kappa shape index (κ3) is 3.09. The van der Waals surface area contributed by atoms with Gasteiger partial charge in [0.15, 0.2) is 15.4 Å². The molecule has 136 valence electrons. The molecular formula is C15H21N5O4S. The normalized spacial score (nSPS) is 23.6. The van der Waals surface area contributed by atoms with Crippen LogP contribution in [0, 0.1) is 11.3 Å². The van der Waals surface area contributed by atoms with Crippen molar-refractivity contribution < 1.29 is 8.42 Å². The smallest absolute Gasteiger partial charge is 0.332 e. The summed E-state index contributed by atoms with van der Waals surface area (Å²) in [6.45, 7) is 2.33. The van der Waals surface area contributed by atoms with E-state index in [1.807, 2.05) is 11.0 Å². The number of sulfone groups is 1. The minimum absolute atomic E-state index is 0.0371. The molecule has 2 fully saturated rings. The van der Waals surface area contributed by atoms with Gasteiger partial charge in [0.1, 0.15) is 11.9 Å². The summed E-state index contributed by atoms with van der Waals surface area (Å²) in [6.07, 6.45) is 0.649. The van der Waals surface area contributed by atoms with Crippen molar-refractivity contribution in [1.82, 2.24) is 14.0 Å². The molecule has 0 aliphatic carbocycles. The van der Waals surface area contributed by atoms with Crippen LogP contribution in [0.2, 0.25) is 0 Å². The first-order valence-corrected chi connectivity index (χ1v) is 9.97. The van der Waals surface area contributed by atoms with E-state index in [2.05, 4.69) is 4.90 Å². The van der Waals surface area contributed by atoms with Gasteiger partial charge in [0.05, 0.1) is 11.5 Å². The molecule has 0 N–H and O–H groups in total. The summed E-state index contributed by atoms with van der Waals surface area (Å²) < 4.78 is 25.6. The summed E-state index contributed by atoms with van der Waals surface area (Å²) >= 11 is 0. The molecular weight excluding hydrogens is 346 g/mol. The Bertz CT molecular complexity index is 948. The lowest BCUT2D eigenvalue weighted by Crippen LogP contribution is -2.53. The van der Waals surface area contributed by atoms with Crippen molar-refractivity contribution in [2.45, 2.75) is 12.5 Å². The highest BCUT2D eigenvalue weighted by molar-refractivity contribution is 7.91. The van der Waals surface area contributed by atoms with Crippen LogP contribution in [0.4, 0.5) is 5.82 Å². The highest BCUT2D eigenvalue weighted by Crippen LogP contribution is 2.22. The minimum Gasteiger partial charge on any atom is -0.354 e. The molecule has 0 aromatic carbocycles. The minimum atomic E-state index is -2.93. The predicted molar refractivity (Wildman–Crippen MR) is 92.5 cm³/mol. The van der Waals surface area contributed by atoms with E-state index in [0.29, 0.717) is 38.4 Å². The van der Waals surface area contributed by atoms with Gasteiger partial charge in [0.2, 0.25) is 0 Å². The SMILES string of the molecule is Cn1c(N2CCN([C@@H]3CCS(=O)(=O)C3)CC2)c(C#N)c(=O)n(C)c1=O. The molecule has 25 heavy (non-hydrogen) atoms. The number of rotatable bonds is 2. The molecule has 9 nitrogen and oxygen atoms in total. The van der Waals surface area contributed by atoms with Gasteiger partial charge < -0.3 is 4.90 Å². The molecule has 1 aromatic heterocycles. The van der Waals surface area contributed by atoms with Crippen molar-refractivity contribution in [3.63, 3.8) is 0 Å². The molecule has 2 saturated heterocycles. The monoisotopic (exact) mass is 367 g/mol. The average molecular weight is 367 g/mol. The quantitative estimate of drug-likeness (QED) is 0.611. The zero-order valence-corrected chi connectivity index (χ0v) is 15.1. The molecule has 0 spiro atoms. The maximum absolute atomic E-state index is 12.2. The lowest BCUT2D eigenvalue weighted by Gasteiger charge is -2.39. The largest absolute Gasteiger partial charge is 0.354 e. The van der Waals surface area contributed by atoms with Gasteiger partial charge in [-0.1, -0.05) is 0 Å². The highest BCUT2D eigenvalue weighted by atomic mass is 32.2. The molecule has 0 unspecified atom stereocenters. The Morgan fingerprint density at radius 2 is 1.72 bits per heavy atom. The third-order valence-corrected chi connectivity index (χ3v) is 6.83. The Morgan fingerprint density at radius 1 is 1.08 bits per heavy atom. The van der Waals surface area contributed by atoms with E-state index in [4.69, 9.17) is 0 Å². The third-order valence-electron chi connectivity index (χ3n) is 5.08. The van der Waals surface area contributed by atoms with Crippen LogP contribution in [0.25, 0.3) is 0 Å². The number of nitriles is 1. The van der Waals surface area contributed by atoms with Crippen LogP contribution >= 0.6 is 0 Å². The Morgan fingerprint density at radius 3 is 2.24 bits per heavy atom. The molecule has 2 aliphatic heterocycles. The van der Waals surface area contributed by atoms with Crippen LogP contribution < -0.4 is 16.1 Å². The molecule has 3 heterocycles. The summed E-state index contributed by atoms with van der Waals surface area (Å²) in [5.41, 5.74) is -1.10. The van der Waals surface area contributed by atoms with Crippen molar-refractivity contribution in [2.24, 2.45) is 14.1 Å². The van der Waals surface area contributed by atoms with E-state index >= 15 is 0 Å². The molecule has 1 aromatic rings. The number of hydrogen-bond donors (Lipinski definition) is 0. The van der Waals surface area contributed by atoms with Crippen molar-refractivity contribution >= 4 is 15.7 Å². The van der Waals surface area contributed by atoms with Gasteiger partial charge >= 0.3 is 5.69 Å². The van der Waals surface area contributed by atoms with E-state index < -0.39 is 21.1 Å². The fourth-order valence-electron chi connectivity index (χ4n) is 3.66. The molecule has 0 bridgehead atoms. The molecule has 10 heteroatoms. The average Bonchev–Trinajstić information content (AvgIpc) is 2.96. The van der Waals surface area contributed by atoms with E-state index in [1.54, 1.807) is 7.05 Å². The molecule has 0 amide bonds. The Kier molecular flexibility index (Phi) is 4.47. The second-order valence-electron chi connectivity index (χ2n) is 6.60.